The number of ether oxygens (including phenoxy) is 1. The van der Waals surface area contributed by atoms with Gasteiger partial charge in [0.15, 0.2) is 0 Å². The SMILES string of the molecule is COC1CCC(N[C@H](C)c2ccc(C)cc2)CC1. The number of hydrogen-bond donors (Lipinski definition) is 1. The van der Waals surface area contributed by atoms with Crippen molar-refractivity contribution in [1.82, 2.24) is 5.32 Å². The van der Waals surface area contributed by atoms with Crippen LogP contribution in [0.5, 0.6) is 0 Å². The van der Waals surface area contributed by atoms with Crippen LogP contribution in [-0.4, -0.2) is 19.3 Å². The van der Waals surface area contributed by atoms with Crippen LogP contribution in [0.3, 0.4) is 0 Å². The third kappa shape index (κ3) is 3.56. The molecule has 1 aromatic rings. The first kappa shape index (κ1) is 13.6. The molecule has 0 heterocycles. The van der Waals surface area contributed by atoms with E-state index in [1.807, 2.05) is 7.11 Å². The van der Waals surface area contributed by atoms with Gasteiger partial charge in [-0.3, -0.25) is 0 Å². The van der Waals surface area contributed by atoms with Gasteiger partial charge in [0, 0.05) is 19.2 Å². The summed E-state index contributed by atoms with van der Waals surface area (Å²) in [6.45, 7) is 4.39. The third-order valence-corrected chi connectivity index (χ3v) is 4.07. The minimum absolute atomic E-state index is 0.440. The molecule has 1 N–H and O–H groups in total. The predicted octanol–water partition coefficient (Wildman–Crippen LogP) is 3.60. The number of aryl methyl sites for hydroxylation is 1. The van der Waals surface area contributed by atoms with Crippen LogP contribution in [0.4, 0.5) is 0 Å². The molecule has 0 bridgehead atoms. The summed E-state index contributed by atoms with van der Waals surface area (Å²) in [4.78, 5) is 0. The minimum Gasteiger partial charge on any atom is -0.381 e. The van der Waals surface area contributed by atoms with Crippen LogP contribution in [0, 0.1) is 6.92 Å². The molecule has 100 valence electrons. The molecule has 0 amide bonds. The largest absolute Gasteiger partial charge is 0.381 e. The average molecular weight is 247 g/mol. The molecule has 2 heteroatoms. The molecule has 1 saturated carbocycles. The molecule has 1 aromatic carbocycles. The summed E-state index contributed by atoms with van der Waals surface area (Å²) in [5.74, 6) is 0. The van der Waals surface area contributed by atoms with Crippen molar-refractivity contribution >= 4 is 0 Å². The Morgan fingerprint density at radius 1 is 1.11 bits per heavy atom. The van der Waals surface area contributed by atoms with E-state index in [4.69, 9.17) is 4.74 Å². The van der Waals surface area contributed by atoms with E-state index in [1.54, 1.807) is 0 Å². The summed E-state index contributed by atoms with van der Waals surface area (Å²) in [5, 5.41) is 3.74. The zero-order valence-corrected chi connectivity index (χ0v) is 11.8. The molecule has 1 aliphatic carbocycles. The number of hydrogen-bond acceptors (Lipinski definition) is 2. The molecule has 2 nitrogen and oxygen atoms in total. The van der Waals surface area contributed by atoms with Crippen molar-refractivity contribution in [3.63, 3.8) is 0 Å². The van der Waals surface area contributed by atoms with E-state index in [2.05, 4.69) is 43.4 Å². The van der Waals surface area contributed by atoms with E-state index in [1.165, 1.54) is 36.8 Å². The van der Waals surface area contributed by atoms with Gasteiger partial charge >= 0.3 is 0 Å². The quantitative estimate of drug-likeness (QED) is 0.877. The van der Waals surface area contributed by atoms with Gasteiger partial charge in [-0.25, -0.2) is 0 Å². The molecule has 0 saturated heterocycles. The van der Waals surface area contributed by atoms with Gasteiger partial charge in [-0.1, -0.05) is 29.8 Å². The normalized spacial score (nSPS) is 25.9. The molecule has 1 atom stereocenters. The lowest BCUT2D eigenvalue weighted by Gasteiger charge is -2.30. The highest BCUT2D eigenvalue weighted by molar-refractivity contribution is 5.23. The van der Waals surface area contributed by atoms with Gasteiger partial charge in [0.1, 0.15) is 0 Å². The summed E-state index contributed by atoms with van der Waals surface area (Å²) >= 11 is 0. The summed E-state index contributed by atoms with van der Waals surface area (Å²) in [6.07, 6.45) is 5.32. The van der Waals surface area contributed by atoms with Gasteiger partial charge in [-0.15, -0.1) is 0 Å². The zero-order valence-electron chi connectivity index (χ0n) is 11.8. The van der Waals surface area contributed by atoms with Crippen LogP contribution in [0.2, 0.25) is 0 Å². The van der Waals surface area contributed by atoms with Gasteiger partial charge in [-0.2, -0.15) is 0 Å². The lowest BCUT2D eigenvalue weighted by atomic mass is 9.92. The standard InChI is InChI=1S/C16H25NO/c1-12-4-6-14(7-5-12)13(2)17-15-8-10-16(18-3)11-9-15/h4-7,13,15-17H,8-11H2,1-3H3/t13-,15?,16?/m1/s1. The van der Waals surface area contributed by atoms with Gasteiger partial charge in [0.25, 0.3) is 0 Å². The van der Waals surface area contributed by atoms with Crippen LogP contribution in [0.25, 0.3) is 0 Å². The Labute approximate surface area is 111 Å². The monoisotopic (exact) mass is 247 g/mol. The van der Waals surface area contributed by atoms with Crippen LogP contribution < -0.4 is 5.32 Å². The molecule has 0 aromatic heterocycles. The van der Waals surface area contributed by atoms with E-state index >= 15 is 0 Å². The smallest absolute Gasteiger partial charge is 0.0572 e. The molecule has 0 aliphatic heterocycles. The van der Waals surface area contributed by atoms with Crippen molar-refractivity contribution in [2.24, 2.45) is 0 Å². The fourth-order valence-electron chi connectivity index (χ4n) is 2.77. The Morgan fingerprint density at radius 2 is 1.72 bits per heavy atom. The van der Waals surface area contributed by atoms with Crippen LogP contribution in [0.1, 0.15) is 49.8 Å². The van der Waals surface area contributed by atoms with Crippen molar-refractivity contribution in [3.05, 3.63) is 35.4 Å². The maximum atomic E-state index is 5.41. The first-order valence-corrected chi connectivity index (χ1v) is 7.04. The van der Waals surface area contributed by atoms with E-state index < -0.39 is 0 Å². The number of benzene rings is 1. The second-order valence-corrected chi connectivity index (χ2v) is 5.51. The highest BCUT2D eigenvalue weighted by Crippen LogP contribution is 2.23. The molecule has 0 spiro atoms. The van der Waals surface area contributed by atoms with Crippen LogP contribution in [-0.2, 0) is 4.74 Å². The maximum absolute atomic E-state index is 5.41. The molecule has 1 fully saturated rings. The summed E-state index contributed by atoms with van der Waals surface area (Å²) < 4.78 is 5.41. The number of nitrogens with one attached hydrogen (secondary N) is 1. The first-order valence-electron chi connectivity index (χ1n) is 7.04. The Balaban J connectivity index is 1.84. The minimum atomic E-state index is 0.440. The summed E-state index contributed by atoms with van der Waals surface area (Å²) in [6, 6.07) is 9.93. The average Bonchev–Trinajstić information content (AvgIpc) is 2.40. The highest BCUT2D eigenvalue weighted by Gasteiger charge is 2.21. The van der Waals surface area contributed by atoms with Gasteiger partial charge in [0.2, 0.25) is 0 Å². The summed E-state index contributed by atoms with van der Waals surface area (Å²) in [5.41, 5.74) is 2.71. The van der Waals surface area contributed by atoms with E-state index in [0.29, 0.717) is 18.2 Å². The topological polar surface area (TPSA) is 21.3 Å². The second-order valence-electron chi connectivity index (χ2n) is 5.51. The van der Waals surface area contributed by atoms with Crippen molar-refractivity contribution in [3.8, 4) is 0 Å². The molecular weight excluding hydrogens is 222 g/mol. The fourth-order valence-corrected chi connectivity index (χ4v) is 2.77. The number of methoxy groups -OCH3 is 1. The van der Waals surface area contributed by atoms with E-state index in [-0.39, 0.29) is 0 Å². The fraction of sp³-hybridized carbons (Fsp3) is 0.625. The Kier molecular flexibility index (Phi) is 4.79. The molecule has 0 unspecified atom stereocenters. The highest BCUT2D eigenvalue weighted by atomic mass is 16.5. The Hall–Kier alpha value is -0.860. The molecule has 0 radical (unpaired) electrons. The molecular formula is C16H25NO. The lowest BCUT2D eigenvalue weighted by molar-refractivity contribution is 0.0614. The van der Waals surface area contributed by atoms with Gasteiger partial charge in [0.05, 0.1) is 6.10 Å². The van der Waals surface area contributed by atoms with Gasteiger partial charge in [-0.05, 0) is 45.1 Å². The molecule has 1 aliphatic rings. The second kappa shape index (κ2) is 6.35. The van der Waals surface area contributed by atoms with Crippen molar-refractivity contribution < 1.29 is 4.74 Å². The van der Waals surface area contributed by atoms with Crippen LogP contribution in [0.15, 0.2) is 24.3 Å². The maximum Gasteiger partial charge on any atom is 0.0572 e. The lowest BCUT2D eigenvalue weighted by Crippen LogP contribution is -2.36. The van der Waals surface area contributed by atoms with E-state index in [9.17, 15) is 0 Å². The van der Waals surface area contributed by atoms with E-state index in [0.717, 1.165) is 0 Å². The third-order valence-electron chi connectivity index (χ3n) is 4.07. The molecule has 2 rings (SSSR count). The number of rotatable bonds is 4. The Morgan fingerprint density at radius 3 is 2.28 bits per heavy atom. The predicted molar refractivity (Wildman–Crippen MR) is 75.8 cm³/mol. The zero-order chi connectivity index (χ0) is 13.0. The van der Waals surface area contributed by atoms with Crippen molar-refractivity contribution in [2.75, 3.05) is 7.11 Å². The first-order chi connectivity index (χ1) is 8.69. The summed E-state index contributed by atoms with van der Waals surface area (Å²) in [7, 11) is 1.83. The van der Waals surface area contributed by atoms with Crippen molar-refractivity contribution in [1.29, 1.82) is 0 Å². The molecule has 18 heavy (non-hydrogen) atoms. The Bertz CT molecular complexity index is 352. The van der Waals surface area contributed by atoms with Gasteiger partial charge < -0.3 is 10.1 Å². The van der Waals surface area contributed by atoms with Crippen LogP contribution >= 0.6 is 0 Å². The van der Waals surface area contributed by atoms with Crippen molar-refractivity contribution in [2.45, 2.75) is 57.7 Å².